The van der Waals surface area contributed by atoms with E-state index in [2.05, 4.69) is 0 Å². The van der Waals surface area contributed by atoms with Crippen LogP contribution < -0.4 is 5.73 Å². The highest BCUT2D eigenvalue weighted by molar-refractivity contribution is 5.28. The zero-order chi connectivity index (χ0) is 11.8. The average Bonchev–Trinajstić information content (AvgIpc) is 2.56. The van der Waals surface area contributed by atoms with Gasteiger partial charge in [-0.3, -0.25) is 0 Å². The molecule has 1 aromatic rings. The monoisotopic (exact) mass is 225 g/mol. The number of aliphatic hydroxyl groups excluding tert-OH is 1. The molecule has 1 fully saturated rings. The number of rotatable bonds is 2. The molecule has 1 aromatic carbocycles. The Bertz CT molecular complexity index is 385. The Balaban J connectivity index is 2.42. The van der Waals surface area contributed by atoms with E-state index in [-0.39, 0.29) is 31.1 Å². The van der Waals surface area contributed by atoms with E-state index in [0.717, 1.165) is 0 Å². The second-order valence-electron chi connectivity index (χ2n) is 4.33. The van der Waals surface area contributed by atoms with Crippen LogP contribution in [0, 0.1) is 11.7 Å². The van der Waals surface area contributed by atoms with Crippen molar-refractivity contribution in [3.05, 3.63) is 35.6 Å². The summed E-state index contributed by atoms with van der Waals surface area (Å²) in [6, 6.07) is 6.39. The number of ether oxygens (including phenoxy) is 1. The molecular formula is C12H16FNO2. The highest BCUT2D eigenvalue weighted by Crippen LogP contribution is 2.37. The van der Waals surface area contributed by atoms with E-state index in [1.807, 2.05) is 6.92 Å². The van der Waals surface area contributed by atoms with E-state index < -0.39 is 5.54 Å². The zero-order valence-electron chi connectivity index (χ0n) is 9.19. The normalized spacial score (nSPS) is 34.2. The fourth-order valence-corrected chi connectivity index (χ4v) is 2.34. The quantitative estimate of drug-likeness (QED) is 0.789. The number of hydrogen-bond acceptors (Lipinski definition) is 3. The minimum atomic E-state index is -0.931. The Kier molecular flexibility index (Phi) is 2.97. The molecule has 16 heavy (non-hydrogen) atoms. The largest absolute Gasteiger partial charge is 0.396 e. The number of nitrogens with two attached hydrogens (primary N) is 1. The first-order valence-electron chi connectivity index (χ1n) is 5.36. The molecule has 0 amide bonds. The molecule has 88 valence electrons. The summed E-state index contributed by atoms with van der Waals surface area (Å²) >= 11 is 0. The zero-order valence-corrected chi connectivity index (χ0v) is 9.19. The van der Waals surface area contributed by atoms with Crippen molar-refractivity contribution in [1.29, 1.82) is 0 Å². The summed E-state index contributed by atoms with van der Waals surface area (Å²) < 4.78 is 19.1. The van der Waals surface area contributed by atoms with Crippen molar-refractivity contribution in [1.82, 2.24) is 0 Å². The Morgan fingerprint density at radius 3 is 2.88 bits per heavy atom. The molecule has 0 spiro atoms. The van der Waals surface area contributed by atoms with Crippen molar-refractivity contribution >= 4 is 0 Å². The minimum Gasteiger partial charge on any atom is -0.396 e. The lowest BCUT2D eigenvalue weighted by Gasteiger charge is -2.30. The van der Waals surface area contributed by atoms with Gasteiger partial charge in [0.1, 0.15) is 5.82 Å². The van der Waals surface area contributed by atoms with Gasteiger partial charge in [-0.2, -0.15) is 0 Å². The summed E-state index contributed by atoms with van der Waals surface area (Å²) in [5.41, 5.74) is 5.69. The molecule has 2 rings (SSSR count). The topological polar surface area (TPSA) is 55.5 Å². The molecule has 3 nitrogen and oxygen atoms in total. The van der Waals surface area contributed by atoms with E-state index in [1.165, 1.54) is 6.07 Å². The molecule has 1 aliphatic rings. The molecule has 0 bridgehead atoms. The lowest BCUT2D eigenvalue weighted by molar-refractivity contribution is 0.0861. The Labute approximate surface area is 94.0 Å². The second-order valence-corrected chi connectivity index (χ2v) is 4.33. The van der Waals surface area contributed by atoms with Crippen LogP contribution in [0.25, 0.3) is 0 Å². The van der Waals surface area contributed by atoms with E-state index in [0.29, 0.717) is 5.56 Å². The standard InChI is InChI=1S/C12H16FNO2/c1-8-10(6-15)12(14,7-16-8)9-4-2-3-5-11(9)13/h2-5,8,10,15H,6-7,14H2,1H3/t8-,10-,12-/m0/s1. The number of hydrogen-bond donors (Lipinski definition) is 2. The first kappa shape index (κ1) is 11.5. The molecule has 1 aliphatic heterocycles. The summed E-state index contributed by atoms with van der Waals surface area (Å²) in [4.78, 5) is 0. The maximum Gasteiger partial charge on any atom is 0.128 e. The molecule has 0 aromatic heterocycles. The van der Waals surface area contributed by atoms with Crippen LogP contribution in [0.2, 0.25) is 0 Å². The second kappa shape index (κ2) is 4.13. The molecule has 1 saturated heterocycles. The third kappa shape index (κ3) is 1.63. The van der Waals surface area contributed by atoms with Gasteiger partial charge in [-0.15, -0.1) is 0 Å². The van der Waals surface area contributed by atoms with Crippen LogP contribution in [0.4, 0.5) is 4.39 Å². The summed E-state index contributed by atoms with van der Waals surface area (Å²) in [6.07, 6.45) is -0.158. The van der Waals surface area contributed by atoms with Gasteiger partial charge in [0, 0.05) is 11.5 Å². The lowest BCUT2D eigenvalue weighted by Crippen LogP contribution is -2.47. The highest BCUT2D eigenvalue weighted by atomic mass is 19.1. The van der Waals surface area contributed by atoms with E-state index in [4.69, 9.17) is 10.5 Å². The first-order valence-corrected chi connectivity index (χ1v) is 5.36. The van der Waals surface area contributed by atoms with Gasteiger partial charge >= 0.3 is 0 Å². The van der Waals surface area contributed by atoms with Crippen LogP contribution in [0.5, 0.6) is 0 Å². The molecule has 0 aliphatic carbocycles. The molecule has 0 unspecified atom stereocenters. The smallest absolute Gasteiger partial charge is 0.128 e. The van der Waals surface area contributed by atoms with Crippen LogP contribution in [-0.4, -0.2) is 24.4 Å². The Morgan fingerprint density at radius 2 is 2.25 bits per heavy atom. The fourth-order valence-electron chi connectivity index (χ4n) is 2.34. The van der Waals surface area contributed by atoms with Gasteiger partial charge in [-0.05, 0) is 13.0 Å². The predicted molar refractivity (Wildman–Crippen MR) is 58.3 cm³/mol. The number of benzene rings is 1. The third-order valence-corrected chi connectivity index (χ3v) is 3.39. The van der Waals surface area contributed by atoms with Crippen molar-refractivity contribution in [3.63, 3.8) is 0 Å². The van der Waals surface area contributed by atoms with Crippen molar-refractivity contribution in [2.24, 2.45) is 11.7 Å². The maximum atomic E-state index is 13.7. The van der Waals surface area contributed by atoms with Crippen LogP contribution in [0.1, 0.15) is 12.5 Å². The molecule has 0 saturated carbocycles. The van der Waals surface area contributed by atoms with E-state index in [1.54, 1.807) is 18.2 Å². The van der Waals surface area contributed by atoms with Gasteiger partial charge in [0.15, 0.2) is 0 Å². The Hall–Kier alpha value is -0.970. The number of aliphatic hydroxyl groups is 1. The molecule has 0 radical (unpaired) electrons. The summed E-state index contributed by atoms with van der Waals surface area (Å²) in [5.74, 6) is -0.620. The molecule has 3 atom stereocenters. The van der Waals surface area contributed by atoms with Gasteiger partial charge in [0.05, 0.1) is 24.9 Å². The van der Waals surface area contributed by atoms with Crippen molar-refractivity contribution in [3.8, 4) is 0 Å². The summed E-state index contributed by atoms with van der Waals surface area (Å²) in [5, 5.41) is 9.34. The fraction of sp³-hybridized carbons (Fsp3) is 0.500. The highest BCUT2D eigenvalue weighted by Gasteiger charge is 2.47. The van der Waals surface area contributed by atoms with Crippen molar-refractivity contribution in [2.45, 2.75) is 18.6 Å². The Morgan fingerprint density at radius 1 is 1.56 bits per heavy atom. The lowest BCUT2D eigenvalue weighted by atomic mass is 9.79. The van der Waals surface area contributed by atoms with E-state index in [9.17, 15) is 9.50 Å². The summed E-state index contributed by atoms with van der Waals surface area (Å²) in [6.45, 7) is 1.97. The van der Waals surface area contributed by atoms with Crippen LogP contribution >= 0.6 is 0 Å². The number of halogens is 1. The average molecular weight is 225 g/mol. The van der Waals surface area contributed by atoms with Gasteiger partial charge in [-0.1, -0.05) is 18.2 Å². The van der Waals surface area contributed by atoms with Crippen LogP contribution in [0.15, 0.2) is 24.3 Å². The summed E-state index contributed by atoms with van der Waals surface area (Å²) in [7, 11) is 0. The van der Waals surface area contributed by atoms with Crippen LogP contribution in [-0.2, 0) is 10.3 Å². The van der Waals surface area contributed by atoms with Crippen molar-refractivity contribution < 1.29 is 14.2 Å². The SMILES string of the molecule is C[C@@H]1OC[C@](N)(c2ccccc2F)[C@H]1CO. The van der Waals surface area contributed by atoms with Crippen molar-refractivity contribution in [2.75, 3.05) is 13.2 Å². The third-order valence-electron chi connectivity index (χ3n) is 3.39. The molecule has 4 heteroatoms. The molecule has 3 N–H and O–H groups in total. The molecular weight excluding hydrogens is 209 g/mol. The predicted octanol–water partition coefficient (Wildman–Crippen LogP) is 1.01. The minimum absolute atomic E-state index is 0.105. The van der Waals surface area contributed by atoms with Gasteiger partial charge in [0.25, 0.3) is 0 Å². The first-order chi connectivity index (χ1) is 7.59. The maximum absolute atomic E-state index is 13.7. The van der Waals surface area contributed by atoms with Gasteiger partial charge < -0.3 is 15.6 Å². The van der Waals surface area contributed by atoms with E-state index >= 15 is 0 Å². The van der Waals surface area contributed by atoms with Gasteiger partial charge in [-0.25, -0.2) is 4.39 Å². The van der Waals surface area contributed by atoms with Crippen LogP contribution in [0.3, 0.4) is 0 Å². The molecule has 1 heterocycles. The van der Waals surface area contributed by atoms with Gasteiger partial charge in [0.2, 0.25) is 0 Å².